The van der Waals surface area contributed by atoms with Crippen LogP contribution in [0.5, 0.6) is 11.5 Å². The van der Waals surface area contributed by atoms with E-state index < -0.39 is 51.5 Å². The van der Waals surface area contributed by atoms with Gasteiger partial charge in [0.2, 0.25) is 11.6 Å². The van der Waals surface area contributed by atoms with E-state index >= 15 is 0 Å². The lowest BCUT2D eigenvalue weighted by Crippen LogP contribution is -2.29. The number of Topliss-reactive ketones (excluding diaryl/α,β-unsaturated/α-hetero) is 3. The van der Waals surface area contributed by atoms with Crippen molar-refractivity contribution in [3.8, 4) is 11.5 Å². The van der Waals surface area contributed by atoms with Crippen LogP contribution in [0, 0.1) is 0 Å². The van der Waals surface area contributed by atoms with Gasteiger partial charge in [0.05, 0.1) is 16.7 Å². The molecule has 0 radical (unpaired) electrons. The quantitative estimate of drug-likeness (QED) is 0.663. The van der Waals surface area contributed by atoms with Gasteiger partial charge in [-0.1, -0.05) is 18.2 Å². The number of rotatable bonds is 1. The van der Waals surface area contributed by atoms with Crippen molar-refractivity contribution in [3.63, 3.8) is 0 Å². The monoisotopic (exact) mass is 362 g/mol. The number of aliphatic hydroxyl groups is 1. The Kier molecular flexibility index (Phi) is 3.35. The Morgan fingerprint density at radius 1 is 0.630 bits per heavy atom. The number of hydrogen-bond donors (Lipinski definition) is 3. The highest BCUT2D eigenvalue weighted by Gasteiger charge is 2.40. The van der Waals surface area contributed by atoms with Crippen LogP contribution in [0.25, 0.3) is 5.76 Å². The number of fused-ring (bicyclic) bond motifs is 2. The molecule has 2 aromatic carbocycles. The van der Waals surface area contributed by atoms with Crippen LogP contribution in [-0.4, -0.2) is 38.5 Å². The van der Waals surface area contributed by atoms with Crippen LogP contribution in [0.4, 0.5) is 0 Å². The maximum Gasteiger partial charge on any atom is 0.238 e. The number of hydrogen-bond acceptors (Lipinski definition) is 7. The van der Waals surface area contributed by atoms with E-state index in [0.717, 1.165) is 6.08 Å². The number of carbonyl (C=O) groups excluding carboxylic acids is 4. The van der Waals surface area contributed by atoms with E-state index in [-0.39, 0.29) is 22.3 Å². The van der Waals surface area contributed by atoms with Crippen molar-refractivity contribution in [1.29, 1.82) is 0 Å². The lowest BCUT2D eigenvalue weighted by atomic mass is 9.79. The molecule has 132 valence electrons. The summed E-state index contributed by atoms with van der Waals surface area (Å²) >= 11 is 0. The van der Waals surface area contributed by atoms with Gasteiger partial charge >= 0.3 is 0 Å². The summed E-state index contributed by atoms with van der Waals surface area (Å²) in [5.74, 6) is -5.46. The van der Waals surface area contributed by atoms with Gasteiger partial charge < -0.3 is 15.3 Å². The largest absolute Gasteiger partial charge is 0.507 e. The predicted molar refractivity (Wildman–Crippen MR) is 91.8 cm³/mol. The number of allylic oxidation sites excluding steroid dienone is 3. The summed E-state index contributed by atoms with van der Waals surface area (Å²) in [5.41, 5.74) is -2.06. The molecule has 0 spiro atoms. The summed E-state index contributed by atoms with van der Waals surface area (Å²) in [6.45, 7) is 0. The number of carbonyl (C=O) groups is 4. The van der Waals surface area contributed by atoms with Gasteiger partial charge in [-0.15, -0.1) is 0 Å². The van der Waals surface area contributed by atoms with Crippen molar-refractivity contribution in [2.24, 2.45) is 0 Å². The van der Waals surface area contributed by atoms with Crippen molar-refractivity contribution < 1.29 is 34.5 Å². The number of aromatic hydroxyl groups is 2. The third-order valence-corrected chi connectivity index (χ3v) is 4.52. The van der Waals surface area contributed by atoms with Gasteiger partial charge in [0.15, 0.2) is 11.6 Å². The Labute approximate surface area is 151 Å². The smallest absolute Gasteiger partial charge is 0.238 e. The number of benzene rings is 2. The fraction of sp³-hybridized carbons (Fsp3) is 0. The molecule has 7 nitrogen and oxygen atoms in total. The van der Waals surface area contributed by atoms with Crippen molar-refractivity contribution in [1.82, 2.24) is 0 Å². The van der Waals surface area contributed by atoms with Crippen LogP contribution < -0.4 is 0 Å². The van der Waals surface area contributed by atoms with Gasteiger partial charge in [-0.05, 0) is 24.3 Å². The zero-order chi connectivity index (χ0) is 19.5. The minimum absolute atomic E-state index is 0.0540. The molecule has 2 aliphatic carbocycles. The Morgan fingerprint density at radius 2 is 1.22 bits per heavy atom. The van der Waals surface area contributed by atoms with E-state index in [0.29, 0.717) is 0 Å². The third-order valence-electron chi connectivity index (χ3n) is 4.52. The topological polar surface area (TPSA) is 129 Å². The van der Waals surface area contributed by atoms with E-state index in [1.165, 1.54) is 36.4 Å². The van der Waals surface area contributed by atoms with Crippen molar-refractivity contribution in [2.45, 2.75) is 0 Å². The molecule has 0 bridgehead atoms. The van der Waals surface area contributed by atoms with Crippen LogP contribution in [0.2, 0.25) is 0 Å². The number of aliphatic hydroxyl groups excluding tert-OH is 1. The molecule has 3 N–H and O–H groups in total. The van der Waals surface area contributed by atoms with E-state index in [1.807, 2.05) is 0 Å². The van der Waals surface area contributed by atoms with E-state index in [4.69, 9.17) is 0 Å². The van der Waals surface area contributed by atoms with Crippen LogP contribution in [0.1, 0.15) is 36.6 Å². The summed E-state index contributed by atoms with van der Waals surface area (Å²) in [6, 6.07) is 7.73. The standard InChI is InChI=1S/C20H10O7/c21-11-5-1-3-8-13(23)7-10(17(24)14(8)11)16-19(26)15-9(18(25)20(16)27)4-2-6-12(15)22/h1-7,21-22,26H. The van der Waals surface area contributed by atoms with Gasteiger partial charge in [0.1, 0.15) is 17.3 Å². The Morgan fingerprint density at radius 3 is 1.89 bits per heavy atom. The van der Waals surface area contributed by atoms with Crippen molar-refractivity contribution in [2.75, 3.05) is 0 Å². The summed E-state index contributed by atoms with van der Waals surface area (Å²) in [5, 5.41) is 30.5. The lowest BCUT2D eigenvalue weighted by Gasteiger charge is -2.22. The molecule has 4 rings (SSSR count). The van der Waals surface area contributed by atoms with Gasteiger partial charge in [-0.3, -0.25) is 19.2 Å². The van der Waals surface area contributed by atoms with Gasteiger partial charge in [-0.25, -0.2) is 0 Å². The van der Waals surface area contributed by atoms with E-state index in [1.54, 1.807) is 0 Å². The predicted octanol–water partition coefficient (Wildman–Crippen LogP) is 2.14. The summed E-state index contributed by atoms with van der Waals surface area (Å²) in [6.07, 6.45) is 0.839. The van der Waals surface area contributed by atoms with Crippen LogP contribution in [-0.2, 0) is 4.79 Å². The highest BCUT2D eigenvalue weighted by molar-refractivity contribution is 6.55. The Hall–Kier alpha value is -4.00. The molecular formula is C20H10O7. The molecule has 0 fully saturated rings. The minimum Gasteiger partial charge on any atom is -0.507 e. The van der Waals surface area contributed by atoms with Crippen LogP contribution >= 0.6 is 0 Å². The first kappa shape index (κ1) is 16.5. The van der Waals surface area contributed by atoms with Crippen molar-refractivity contribution >= 4 is 28.9 Å². The molecule has 0 aliphatic heterocycles. The van der Waals surface area contributed by atoms with Gasteiger partial charge in [0, 0.05) is 16.7 Å². The van der Waals surface area contributed by atoms with Gasteiger partial charge in [-0.2, -0.15) is 0 Å². The van der Waals surface area contributed by atoms with E-state index in [9.17, 15) is 34.5 Å². The maximum absolute atomic E-state index is 12.8. The lowest BCUT2D eigenvalue weighted by molar-refractivity contribution is -0.111. The van der Waals surface area contributed by atoms with Gasteiger partial charge in [0.25, 0.3) is 0 Å². The average Bonchev–Trinajstić information content (AvgIpc) is 2.63. The highest BCUT2D eigenvalue weighted by Crippen LogP contribution is 2.39. The zero-order valence-electron chi connectivity index (χ0n) is 13.5. The fourth-order valence-electron chi connectivity index (χ4n) is 3.28. The normalized spacial score (nSPS) is 16.2. The average molecular weight is 362 g/mol. The zero-order valence-corrected chi connectivity index (χ0v) is 13.5. The molecule has 0 atom stereocenters. The number of phenolic OH excluding ortho intramolecular Hbond substituents is 2. The fourth-order valence-corrected chi connectivity index (χ4v) is 3.28. The van der Waals surface area contributed by atoms with Crippen molar-refractivity contribution in [3.05, 3.63) is 75.9 Å². The molecule has 0 aromatic heterocycles. The second-order valence-electron chi connectivity index (χ2n) is 6.03. The minimum atomic E-state index is -1.18. The number of ketones is 4. The molecule has 0 amide bonds. The molecule has 7 heteroatoms. The number of phenols is 2. The maximum atomic E-state index is 12.8. The molecule has 2 aromatic rings. The van der Waals surface area contributed by atoms with E-state index in [2.05, 4.69) is 0 Å². The van der Waals surface area contributed by atoms with Crippen LogP contribution in [0.3, 0.4) is 0 Å². The molecule has 0 saturated heterocycles. The second-order valence-corrected chi connectivity index (χ2v) is 6.03. The molecule has 0 unspecified atom stereocenters. The molecular weight excluding hydrogens is 352 g/mol. The molecule has 27 heavy (non-hydrogen) atoms. The first-order valence-corrected chi connectivity index (χ1v) is 7.80. The first-order valence-electron chi connectivity index (χ1n) is 7.80. The Balaban J connectivity index is 2.00. The summed E-state index contributed by atoms with van der Waals surface area (Å²) in [4.78, 5) is 50.1. The molecule has 0 heterocycles. The summed E-state index contributed by atoms with van der Waals surface area (Å²) in [7, 11) is 0. The van der Waals surface area contributed by atoms with Crippen LogP contribution in [0.15, 0.2) is 53.6 Å². The molecule has 2 aliphatic rings. The first-order chi connectivity index (χ1) is 12.8. The molecule has 0 saturated carbocycles. The summed E-state index contributed by atoms with van der Waals surface area (Å²) < 4.78 is 0. The second kappa shape index (κ2) is 5.50. The highest BCUT2D eigenvalue weighted by atomic mass is 16.3. The SMILES string of the molecule is O=C1C(=O)c2cccc(O)c2C(O)=C1C1=CC(=O)c2cccc(O)c2C1=O. The Bertz CT molecular complexity index is 1160. The third kappa shape index (κ3) is 2.15.